The second-order valence-corrected chi connectivity index (χ2v) is 10.3. The summed E-state index contributed by atoms with van der Waals surface area (Å²) in [5.41, 5.74) is 3.42. The van der Waals surface area contributed by atoms with Crippen LogP contribution in [0.15, 0.2) is 23.3 Å². The lowest BCUT2D eigenvalue weighted by molar-refractivity contribution is -0.121. The van der Waals surface area contributed by atoms with Gasteiger partial charge in [0.1, 0.15) is 11.5 Å². The molecule has 0 aromatic heterocycles. The van der Waals surface area contributed by atoms with E-state index in [1.165, 1.54) is 0 Å². The van der Waals surface area contributed by atoms with Gasteiger partial charge in [0.25, 0.3) is 0 Å². The highest BCUT2D eigenvalue weighted by Gasteiger charge is 2.32. The first-order valence-electron chi connectivity index (χ1n) is 8.84. The van der Waals surface area contributed by atoms with E-state index in [-0.39, 0.29) is 22.2 Å². The lowest BCUT2D eigenvalue weighted by Gasteiger charge is -2.19. The maximum Gasteiger partial charge on any atom is 0.242 e. The van der Waals surface area contributed by atoms with Crippen molar-refractivity contribution in [3.8, 4) is 11.5 Å². The van der Waals surface area contributed by atoms with E-state index in [0.29, 0.717) is 12.2 Å². The van der Waals surface area contributed by atoms with Crippen LogP contribution in [-0.2, 0) is 4.79 Å². The molecule has 0 atom stereocenters. The summed E-state index contributed by atoms with van der Waals surface area (Å²) in [6.07, 6.45) is 2.19. The highest BCUT2D eigenvalue weighted by atomic mass is 32.2. The summed E-state index contributed by atoms with van der Waals surface area (Å²) in [6, 6.07) is 5.62. The Labute approximate surface area is 164 Å². The number of ether oxygens (including phenoxy) is 2. The number of hydrazone groups is 1. The highest BCUT2D eigenvalue weighted by molar-refractivity contribution is 8.21. The van der Waals surface area contributed by atoms with Gasteiger partial charge in [-0.1, -0.05) is 0 Å². The van der Waals surface area contributed by atoms with Gasteiger partial charge in [-0.15, -0.1) is 23.5 Å². The molecule has 144 valence electrons. The zero-order valence-electron chi connectivity index (χ0n) is 16.1. The van der Waals surface area contributed by atoms with Crippen molar-refractivity contribution in [1.29, 1.82) is 0 Å². The molecule has 7 heteroatoms. The van der Waals surface area contributed by atoms with E-state index < -0.39 is 0 Å². The first-order valence-corrected chi connectivity index (χ1v) is 10.8. The maximum absolute atomic E-state index is 12.1. The molecule has 0 spiro atoms. The normalized spacial score (nSPS) is 16.4. The number of amides is 1. The number of benzene rings is 1. The van der Waals surface area contributed by atoms with Crippen LogP contribution >= 0.6 is 23.5 Å². The molecule has 1 aromatic carbocycles. The SMILES string of the molecule is CC(C)Oc1ccc(/C=N\NC(=O)CC2(C)SCCS2)c(OC(C)C)c1. The van der Waals surface area contributed by atoms with Crippen molar-refractivity contribution in [2.75, 3.05) is 11.5 Å². The topological polar surface area (TPSA) is 59.9 Å². The molecule has 1 aliphatic rings. The molecule has 1 fully saturated rings. The van der Waals surface area contributed by atoms with Crippen LogP contribution in [0.4, 0.5) is 0 Å². The maximum atomic E-state index is 12.1. The van der Waals surface area contributed by atoms with Gasteiger partial charge in [0.2, 0.25) is 5.91 Å². The molecule has 0 unspecified atom stereocenters. The monoisotopic (exact) mass is 396 g/mol. The fourth-order valence-corrected chi connectivity index (χ4v) is 5.32. The Kier molecular flexibility index (Phi) is 7.70. The van der Waals surface area contributed by atoms with Gasteiger partial charge in [0.05, 0.1) is 28.9 Å². The summed E-state index contributed by atoms with van der Waals surface area (Å²) in [5.74, 6) is 3.55. The molecular weight excluding hydrogens is 368 g/mol. The third-order valence-electron chi connectivity index (χ3n) is 3.49. The predicted molar refractivity (Wildman–Crippen MR) is 112 cm³/mol. The Hall–Kier alpha value is -1.34. The van der Waals surface area contributed by atoms with Gasteiger partial charge >= 0.3 is 0 Å². The quantitative estimate of drug-likeness (QED) is 0.524. The van der Waals surface area contributed by atoms with Crippen LogP contribution in [-0.4, -0.2) is 39.9 Å². The molecule has 1 aromatic rings. The van der Waals surface area contributed by atoms with Gasteiger partial charge in [-0.3, -0.25) is 4.79 Å². The lowest BCUT2D eigenvalue weighted by Crippen LogP contribution is -2.26. The molecule has 1 amide bonds. The first kappa shape index (κ1) is 21.0. The van der Waals surface area contributed by atoms with Gasteiger partial charge in [-0.2, -0.15) is 5.10 Å². The average Bonchev–Trinajstić information content (AvgIpc) is 2.94. The molecule has 26 heavy (non-hydrogen) atoms. The Morgan fingerprint density at radius 2 is 1.88 bits per heavy atom. The fraction of sp³-hybridized carbons (Fsp3) is 0.579. The molecule has 5 nitrogen and oxygen atoms in total. The van der Waals surface area contributed by atoms with Crippen LogP contribution in [0.1, 0.15) is 46.6 Å². The van der Waals surface area contributed by atoms with Crippen LogP contribution in [0.3, 0.4) is 0 Å². The van der Waals surface area contributed by atoms with E-state index in [0.717, 1.165) is 22.8 Å². The highest BCUT2D eigenvalue weighted by Crippen LogP contribution is 2.45. The van der Waals surface area contributed by atoms with Crippen molar-refractivity contribution in [1.82, 2.24) is 5.43 Å². The Morgan fingerprint density at radius 3 is 2.50 bits per heavy atom. The van der Waals surface area contributed by atoms with Crippen molar-refractivity contribution in [3.63, 3.8) is 0 Å². The zero-order chi connectivity index (χ0) is 19.2. The third kappa shape index (κ3) is 6.76. The van der Waals surface area contributed by atoms with Crippen molar-refractivity contribution in [2.45, 2.75) is 57.3 Å². The van der Waals surface area contributed by atoms with Gasteiger partial charge in [-0.25, -0.2) is 5.43 Å². The van der Waals surface area contributed by atoms with Crippen LogP contribution in [0.2, 0.25) is 0 Å². The second-order valence-electron chi connectivity index (χ2n) is 6.83. The van der Waals surface area contributed by atoms with Gasteiger partial charge in [0, 0.05) is 23.1 Å². The largest absolute Gasteiger partial charge is 0.491 e. The molecule has 2 rings (SSSR count). The predicted octanol–water partition coefficient (Wildman–Crippen LogP) is 4.30. The molecule has 1 N–H and O–H groups in total. The number of nitrogens with zero attached hydrogens (tertiary/aromatic N) is 1. The van der Waals surface area contributed by atoms with E-state index in [1.54, 1.807) is 6.21 Å². The third-order valence-corrected chi connectivity index (χ3v) is 6.78. The molecule has 0 radical (unpaired) electrons. The minimum atomic E-state index is -0.0725. The van der Waals surface area contributed by atoms with E-state index in [9.17, 15) is 4.79 Å². The standard InChI is InChI=1S/C19H28N2O3S2/c1-13(2)23-16-7-6-15(17(10-16)24-14(3)4)12-20-21-18(22)11-19(5)25-8-9-26-19/h6-7,10,12-14H,8-9,11H2,1-5H3,(H,21,22)/b20-12-. The number of nitrogens with one attached hydrogen (secondary N) is 1. The molecule has 0 aliphatic carbocycles. The van der Waals surface area contributed by atoms with E-state index in [4.69, 9.17) is 9.47 Å². The van der Waals surface area contributed by atoms with Gasteiger partial charge < -0.3 is 9.47 Å². The molecule has 0 bridgehead atoms. The number of carbonyl (C=O) groups excluding carboxylic acids is 1. The molecule has 1 aliphatic heterocycles. The van der Waals surface area contributed by atoms with Gasteiger partial charge in [0.15, 0.2) is 0 Å². The summed E-state index contributed by atoms with van der Waals surface area (Å²) in [4.78, 5) is 12.1. The number of hydrogen-bond donors (Lipinski definition) is 1. The minimum Gasteiger partial charge on any atom is -0.491 e. The Bertz CT molecular complexity index is 642. The van der Waals surface area contributed by atoms with Crippen LogP contribution in [0.25, 0.3) is 0 Å². The van der Waals surface area contributed by atoms with Crippen LogP contribution in [0, 0.1) is 0 Å². The zero-order valence-corrected chi connectivity index (χ0v) is 17.7. The summed E-state index contributed by atoms with van der Waals surface area (Å²) in [7, 11) is 0. The van der Waals surface area contributed by atoms with E-state index in [1.807, 2.05) is 69.4 Å². The number of hydrogen-bond acceptors (Lipinski definition) is 6. The number of rotatable bonds is 8. The van der Waals surface area contributed by atoms with Gasteiger partial charge in [-0.05, 0) is 46.8 Å². The first-order chi connectivity index (χ1) is 12.3. The molecular formula is C19H28N2O3S2. The summed E-state index contributed by atoms with van der Waals surface area (Å²) in [5, 5.41) is 4.11. The summed E-state index contributed by atoms with van der Waals surface area (Å²) in [6.45, 7) is 10.0. The molecule has 1 heterocycles. The van der Waals surface area contributed by atoms with Crippen molar-refractivity contribution in [2.24, 2.45) is 5.10 Å². The van der Waals surface area contributed by atoms with Crippen molar-refractivity contribution in [3.05, 3.63) is 23.8 Å². The van der Waals surface area contributed by atoms with Crippen LogP contribution < -0.4 is 14.9 Å². The Morgan fingerprint density at radius 1 is 1.23 bits per heavy atom. The minimum absolute atomic E-state index is 0.0300. The molecule has 1 saturated heterocycles. The Balaban J connectivity index is 2.01. The number of carbonyl (C=O) groups is 1. The van der Waals surface area contributed by atoms with E-state index >= 15 is 0 Å². The summed E-state index contributed by atoms with van der Waals surface area (Å²) < 4.78 is 11.5. The van der Waals surface area contributed by atoms with Crippen molar-refractivity contribution < 1.29 is 14.3 Å². The lowest BCUT2D eigenvalue weighted by atomic mass is 10.2. The molecule has 0 saturated carbocycles. The van der Waals surface area contributed by atoms with Crippen molar-refractivity contribution >= 4 is 35.6 Å². The fourth-order valence-electron chi connectivity index (χ4n) is 2.49. The summed E-state index contributed by atoms with van der Waals surface area (Å²) >= 11 is 3.67. The van der Waals surface area contributed by atoms with E-state index in [2.05, 4.69) is 17.5 Å². The number of thioether (sulfide) groups is 2. The van der Waals surface area contributed by atoms with Crippen LogP contribution in [0.5, 0.6) is 11.5 Å². The smallest absolute Gasteiger partial charge is 0.242 e. The second kappa shape index (κ2) is 9.55. The average molecular weight is 397 g/mol.